The summed E-state index contributed by atoms with van der Waals surface area (Å²) in [7, 11) is 0. The number of amides is 4. The van der Waals surface area contributed by atoms with Crippen molar-refractivity contribution >= 4 is 34.6 Å². The minimum Gasteiger partial charge on any atom is -0.445 e. The summed E-state index contributed by atoms with van der Waals surface area (Å²) in [5.74, 6) is -0.985. The molecular weight excluding hydrogens is 668 g/mol. The molecule has 4 aromatic carbocycles. The van der Waals surface area contributed by atoms with Gasteiger partial charge in [-0.1, -0.05) is 137 Å². The molecule has 0 aliphatic rings. The van der Waals surface area contributed by atoms with Crippen molar-refractivity contribution in [3.63, 3.8) is 0 Å². The van der Waals surface area contributed by atoms with Crippen LogP contribution in [0.5, 0.6) is 0 Å². The molecule has 5 N–H and O–H groups in total. The van der Waals surface area contributed by atoms with Gasteiger partial charge in [-0.3, -0.25) is 14.4 Å². The lowest BCUT2D eigenvalue weighted by Crippen LogP contribution is -2.57. The van der Waals surface area contributed by atoms with Gasteiger partial charge in [0.25, 0.3) is 0 Å². The smallest absolute Gasteiger partial charge is 0.408 e. The van der Waals surface area contributed by atoms with Crippen LogP contribution in [0, 0.1) is 11.8 Å². The first-order chi connectivity index (χ1) is 25.5. The van der Waals surface area contributed by atoms with E-state index in [0.29, 0.717) is 18.9 Å². The topological polar surface area (TPSA) is 146 Å². The lowest BCUT2D eigenvalue weighted by Gasteiger charge is -2.29. The van der Waals surface area contributed by atoms with Gasteiger partial charge >= 0.3 is 6.09 Å². The molecule has 0 saturated heterocycles. The average molecular weight is 723 g/mol. The SMILES string of the molecule is CCC(C)CNC(=O)C[C@H](O)[C@H](CC(C)C)NC(=O)[C@H](Cc1ccccc1)NC(=O)[C@H](Cc1cccc2ccccc12)NC(=O)OCc1ccccc1. The quantitative estimate of drug-likeness (QED) is 0.0822. The van der Waals surface area contributed by atoms with E-state index in [1.54, 1.807) is 0 Å². The molecule has 282 valence electrons. The lowest BCUT2D eigenvalue weighted by atomic mass is 9.95. The fraction of sp³-hybridized carbons (Fsp3) is 0.395. The number of ether oxygens (including phenoxy) is 1. The zero-order valence-corrected chi connectivity index (χ0v) is 31.2. The third-order valence-corrected chi connectivity index (χ3v) is 9.30. The molecule has 10 heteroatoms. The fourth-order valence-corrected chi connectivity index (χ4v) is 6.08. The summed E-state index contributed by atoms with van der Waals surface area (Å²) in [6, 6.07) is 29.2. The lowest BCUT2D eigenvalue weighted by molar-refractivity contribution is -0.131. The molecule has 0 heterocycles. The first-order valence-corrected chi connectivity index (χ1v) is 18.6. The molecule has 1 unspecified atom stereocenters. The zero-order valence-electron chi connectivity index (χ0n) is 31.2. The fourth-order valence-electron chi connectivity index (χ4n) is 6.08. The number of nitrogens with one attached hydrogen (secondary N) is 4. The second-order valence-electron chi connectivity index (χ2n) is 14.2. The minimum atomic E-state index is -1.15. The van der Waals surface area contributed by atoms with E-state index in [2.05, 4.69) is 21.3 Å². The number of benzene rings is 4. The highest BCUT2D eigenvalue weighted by Gasteiger charge is 2.31. The van der Waals surface area contributed by atoms with Crippen LogP contribution in [0.1, 0.15) is 63.6 Å². The van der Waals surface area contributed by atoms with Crippen LogP contribution < -0.4 is 21.3 Å². The molecule has 0 spiro atoms. The average Bonchev–Trinajstić information content (AvgIpc) is 3.16. The maximum absolute atomic E-state index is 14.2. The summed E-state index contributed by atoms with van der Waals surface area (Å²) in [5, 5.41) is 24.6. The number of alkyl carbamates (subject to hydrolysis) is 1. The van der Waals surface area contributed by atoms with Gasteiger partial charge in [-0.05, 0) is 45.7 Å². The van der Waals surface area contributed by atoms with Crippen LogP contribution in [0.25, 0.3) is 10.8 Å². The van der Waals surface area contributed by atoms with Crippen molar-refractivity contribution in [2.45, 2.75) is 90.6 Å². The second kappa shape index (κ2) is 20.7. The Balaban J connectivity index is 1.56. The summed E-state index contributed by atoms with van der Waals surface area (Å²) < 4.78 is 5.50. The van der Waals surface area contributed by atoms with Crippen molar-refractivity contribution < 1.29 is 29.0 Å². The predicted octanol–water partition coefficient (Wildman–Crippen LogP) is 5.85. The third-order valence-electron chi connectivity index (χ3n) is 9.30. The molecule has 0 aromatic heterocycles. The maximum Gasteiger partial charge on any atom is 0.408 e. The number of hydrogen-bond donors (Lipinski definition) is 5. The number of aliphatic hydroxyl groups excluding tert-OH is 1. The molecule has 10 nitrogen and oxygen atoms in total. The van der Waals surface area contributed by atoms with Gasteiger partial charge in [0.1, 0.15) is 18.7 Å². The number of hydrogen-bond acceptors (Lipinski definition) is 6. The van der Waals surface area contributed by atoms with Crippen molar-refractivity contribution in [2.24, 2.45) is 11.8 Å². The van der Waals surface area contributed by atoms with E-state index in [4.69, 9.17) is 4.74 Å². The van der Waals surface area contributed by atoms with E-state index in [1.165, 1.54) is 0 Å². The molecular formula is C43H54N4O6. The molecule has 4 aromatic rings. The van der Waals surface area contributed by atoms with Crippen molar-refractivity contribution in [1.82, 2.24) is 21.3 Å². The Morgan fingerprint density at radius 2 is 1.30 bits per heavy atom. The molecule has 0 bridgehead atoms. The number of aliphatic hydroxyl groups is 1. The van der Waals surface area contributed by atoms with Crippen LogP contribution >= 0.6 is 0 Å². The van der Waals surface area contributed by atoms with E-state index in [-0.39, 0.29) is 37.7 Å². The first kappa shape index (κ1) is 40.5. The van der Waals surface area contributed by atoms with Crippen LogP contribution in [-0.4, -0.2) is 59.7 Å². The Hall–Kier alpha value is -5.22. The summed E-state index contributed by atoms with van der Waals surface area (Å²) >= 11 is 0. The second-order valence-corrected chi connectivity index (χ2v) is 14.2. The number of carbonyl (C=O) groups excluding carboxylic acids is 4. The Morgan fingerprint density at radius 1 is 0.698 bits per heavy atom. The Bertz CT molecular complexity index is 1760. The monoisotopic (exact) mass is 722 g/mol. The molecule has 0 fully saturated rings. The summed E-state index contributed by atoms with van der Waals surface area (Å²) in [6.07, 6.45) is -0.485. The summed E-state index contributed by atoms with van der Waals surface area (Å²) in [4.78, 5) is 54.2. The van der Waals surface area contributed by atoms with Crippen LogP contribution in [0.15, 0.2) is 103 Å². The van der Waals surface area contributed by atoms with Crippen LogP contribution in [0.4, 0.5) is 4.79 Å². The van der Waals surface area contributed by atoms with Gasteiger partial charge < -0.3 is 31.1 Å². The molecule has 53 heavy (non-hydrogen) atoms. The molecule has 0 aliphatic carbocycles. The van der Waals surface area contributed by atoms with Gasteiger partial charge in [0.05, 0.1) is 18.6 Å². The van der Waals surface area contributed by atoms with E-state index in [9.17, 15) is 24.3 Å². The van der Waals surface area contributed by atoms with E-state index < -0.39 is 42.1 Å². The van der Waals surface area contributed by atoms with E-state index in [0.717, 1.165) is 33.9 Å². The van der Waals surface area contributed by atoms with Gasteiger partial charge in [0.2, 0.25) is 17.7 Å². The van der Waals surface area contributed by atoms with Crippen LogP contribution in [0.3, 0.4) is 0 Å². The summed E-state index contributed by atoms with van der Waals surface area (Å²) in [6.45, 7) is 8.54. The Labute approximate surface area is 313 Å². The van der Waals surface area contributed by atoms with Crippen LogP contribution in [0.2, 0.25) is 0 Å². The normalized spacial score (nSPS) is 14.0. The van der Waals surface area contributed by atoms with Gasteiger partial charge in [-0.2, -0.15) is 0 Å². The standard InChI is InChI=1S/C43H54N4O6/c1-5-30(4)27-44-40(49)26-39(48)36(23-29(2)3)45-41(50)37(24-31-15-8-6-9-16-31)46-42(51)38(47-43(52)53-28-32-17-10-7-11-18-32)25-34-21-14-20-33-19-12-13-22-35(33)34/h6-22,29-30,36-39,48H,5,23-28H2,1-4H3,(H,44,49)(H,45,50)(H,46,51)(H,47,52)/t30?,36-,37-,38-,39-/m0/s1. The highest BCUT2D eigenvalue weighted by Crippen LogP contribution is 2.20. The van der Waals surface area contributed by atoms with Gasteiger partial charge in [-0.15, -0.1) is 0 Å². The summed E-state index contributed by atoms with van der Waals surface area (Å²) in [5.41, 5.74) is 2.44. The molecule has 4 amide bonds. The largest absolute Gasteiger partial charge is 0.445 e. The van der Waals surface area contributed by atoms with Gasteiger partial charge in [0, 0.05) is 19.4 Å². The zero-order chi connectivity index (χ0) is 38.2. The maximum atomic E-state index is 14.2. The van der Waals surface area contributed by atoms with Crippen molar-refractivity contribution in [3.05, 3.63) is 120 Å². The third kappa shape index (κ3) is 13.4. The predicted molar refractivity (Wildman–Crippen MR) is 208 cm³/mol. The molecule has 0 aliphatic heterocycles. The van der Waals surface area contributed by atoms with Crippen molar-refractivity contribution in [1.29, 1.82) is 0 Å². The van der Waals surface area contributed by atoms with Crippen molar-refractivity contribution in [3.8, 4) is 0 Å². The molecule has 5 atom stereocenters. The van der Waals surface area contributed by atoms with E-state index in [1.807, 2.05) is 131 Å². The first-order valence-electron chi connectivity index (χ1n) is 18.6. The highest BCUT2D eigenvalue weighted by atomic mass is 16.5. The van der Waals surface area contributed by atoms with E-state index >= 15 is 0 Å². The minimum absolute atomic E-state index is 0.0174. The van der Waals surface area contributed by atoms with Crippen LogP contribution in [-0.2, 0) is 38.6 Å². The molecule has 0 saturated carbocycles. The van der Waals surface area contributed by atoms with Crippen molar-refractivity contribution in [2.75, 3.05) is 6.54 Å². The Morgan fingerprint density at radius 3 is 1.98 bits per heavy atom. The highest BCUT2D eigenvalue weighted by molar-refractivity contribution is 5.93. The molecule has 0 radical (unpaired) electrons. The number of rotatable bonds is 19. The molecule has 4 rings (SSSR count). The Kier molecular flexibility index (Phi) is 15.9. The van der Waals surface area contributed by atoms with Gasteiger partial charge in [-0.25, -0.2) is 4.79 Å². The number of carbonyl (C=O) groups is 4. The van der Waals surface area contributed by atoms with Gasteiger partial charge in [0.15, 0.2) is 0 Å². The number of fused-ring (bicyclic) bond motifs is 1.